The molecule has 2 fully saturated rings. The van der Waals surface area contributed by atoms with Gasteiger partial charge in [0, 0.05) is 44.2 Å². The molecule has 3 heterocycles. The quantitative estimate of drug-likeness (QED) is 0.839. The van der Waals surface area contributed by atoms with E-state index in [0.29, 0.717) is 18.7 Å². The van der Waals surface area contributed by atoms with Crippen LogP contribution in [0.5, 0.6) is 0 Å². The maximum Gasteiger partial charge on any atom is 0.433 e. The Labute approximate surface area is 137 Å². The van der Waals surface area contributed by atoms with Crippen LogP contribution in [0.15, 0.2) is 17.3 Å². The van der Waals surface area contributed by atoms with Gasteiger partial charge in [0.2, 0.25) is 5.95 Å². The Bertz CT molecular complexity index is 660. The van der Waals surface area contributed by atoms with Crippen molar-refractivity contribution in [3.8, 4) is 0 Å². The summed E-state index contributed by atoms with van der Waals surface area (Å²) < 4.78 is 39.4. The van der Waals surface area contributed by atoms with Crippen LogP contribution in [0.3, 0.4) is 0 Å². The highest BCUT2D eigenvalue weighted by Gasteiger charge is 2.35. The molecule has 3 rings (SSSR count). The molecule has 0 spiro atoms. The second-order valence-corrected chi connectivity index (χ2v) is 6.05. The summed E-state index contributed by atoms with van der Waals surface area (Å²) in [7, 11) is 1.98. The number of hydrogen-bond acceptors (Lipinski definition) is 6. The van der Waals surface area contributed by atoms with Gasteiger partial charge in [-0.25, -0.2) is 9.97 Å². The van der Waals surface area contributed by atoms with E-state index in [1.807, 2.05) is 7.05 Å². The third kappa shape index (κ3) is 3.50. The fourth-order valence-electron chi connectivity index (χ4n) is 2.53. The van der Waals surface area contributed by atoms with Crippen molar-refractivity contribution >= 4 is 17.7 Å². The lowest BCUT2D eigenvalue weighted by Gasteiger charge is -2.33. The molecule has 2 saturated heterocycles. The van der Waals surface area contributed by atoms with E-state index in [0.717, 1.165) is 25.6 Å². The standard InChI is InChI=1S/C15H19F3N6/c1-23-8-11(9-23)20-7-10(6-19)12-5-13(15(16,17)18)22-14(21-12)24-3-2-4-24/h5-7,11H,2-4,8-9,19H2,1H3. The lowest BCUT2D eigenvalue weighted by Crippen LogP contribution is -2.46. The summed E-state index contributed by atoms with van der Waals surface area (Å²) in [6.45, 7) is 2.96. The van der Waals surface area contributed by atoms with Gasteiger partial charge in [-0.3, -0.25) is 4.99 Å². The molecule has 1 aromatic heterocycles. The van der Waals surface area contributed by atoms with Gasteiger partial charge in [-0.2, -0.15) is 13.2 Å². The molecule has 24 heavy (non-hydrogen) atoms. The minimum Gasteiger partial charge on any atom is -0.404 e. The minimum absolute atomic E-state index is 0.0854. The highest BCUT2D eigenvalue weighted by molar-refractivity contribution is 6.09. The fraction of sp³-hybridized carbons (Fsp3) is 0.533. The predicted octanol–water partition coefficient (Wildman–Crippen LogP) is 1.39. The Hall–Kier alpha value is -2.16. The van der Waals surface area contributed by atoms with Gasteiger partial charge in [-0.15, -0.1) is 0 Å². The lowest BCUT2D eigenvalue weighted by atomic mass is 10.1. The zero-order chi connectivity index (χ0) is 17.3. The van der Waals surface area contributed by atoms with Crippen LogP contribution < -0.4 is 10.6 Å². The third-order valence-electron chi connectivity index (χ3n) is 4.09. The van der Waals surface area contributed by atoms with Crippen molar-refractivity contribution in [2.45, 2.75) is 18.6 Å². The van der Waals surface area contributed by atoms with Crippen LogP contribution in [-0.2, 0) is 6.18 Å². The Kier molecular flexibility index (Phi) is 4.44. The highest BCUT2D eigenvalue weighted by Crippen LogP contribution is 2.31. The first kappa shape index (κ1) is 16.7. The number of allylic oxidation sites excluding steroid dienone is 1. The molecule has 2 aliphatic rings. The maximum atomic E-state index is 13.1. The van der Waals surface area contributed by atoms with Gasteiger partial charge in [0.1, 0.15) is 0 Å². The van der Waals surface area contributed by atoms with E-state index in [9.17, 15) is 13.2 Å². The topological polar surface area (TPSA) is 70.6 Å². The molecule has 0 radical (unpaired) electrons. The molecule has 2 N–H and O–H groups in total. The first-order valence-electron chi connectivity index (χ1n) is 7.72. The van der Waals surface area contributed by atoms with Crippen molar-refractivity contribution in [3.63, 3.8) is 0 Å². The SMILES string of the molecule is CN1CC(N=CC(=CN)c2cc(C(F)(F)F)nc(N3CCC3)n2)C1. The van der Waals surface area contributed by atoms with Gasteiger partial charge in [0.15, 0.2) is 5.69 Å². The molecule has 0 saturated carbocycles. The van der Waals surface area contributed by atoms with Crippen molar-refractivity contribution < 1.29 is 13.2 Å². The normalized spacial score (nSPS) is 20.3. The number of likely N-dealkylation sites (tertiary alicyclic amines) is 1. The number of hydrogen-bond donors (Lipinski definition) is 1. The van der Waals surface area contributed by atoms with Gasteiger partial charge in [-0.05, 0) is 19.5 Å². The van der Waals surface area contributed by atoms with Crippen molar-refractivity contribution in [1.29, 1.82) is 0 Å². The number of nitrogens with two attached hydrogens (primary N) is 1. The Morgan fingerprint density at radius 2 is 2.04 bits per heavy atom. The number of halogens is 3. The largest absolute Gasteiger partial charge is 0.433 e. The van der Waals surface area contributed by atoms with Crippen LogP contribution in [0, 0.1) is 0 Å². The van der Waals surface area contributed by atoms with Crippen LogP contribution in [0.4, 0.5) is 19.1 Å². The number of alkyl halides is 3. The summed E-state index contributed by atoms with van der Waals surface area (Å²) in [6.07, 6.45) is -0.885. The van der Waals surface area contributed by atoms with E-state index in [1.165, 1.54) is 12.4 Å². The fourth-order valence-corrected chi connectivity index (χ4v) is 2.53. The van der Waals surface area contributed by atoms with Crippen LogP contribution in [-0.4, -0.2) is 60.4 Å². The lowest BCUT2D eigenvalue weighted by molar-refractivity contribution is -0.141. The molecule has 0 unspecified atom stereocenters. The zero-order valence-electron chi connectivity index (χ0n) is 13.3. The molecule has 0 atom stereocenters. The first-order valence-corrected chi connectivity index (χ1v) is 7.72. The van der Waals surface area contributed by atoms with Crippen LogP contribution >= 0.6 is 0 Å². The highest BCUT2D eigenvalue weighted by atomic mass is 19.4. The van der Waals surface area contributed by atoms with E-state index in [-0.39, 0.29) is 17.7 Å². The number of rotatable bonds is 4. The summed E-state index contributed by atoms with van der Waals surface area (Å²) in [6, 6.07) is 1.06. The smallest absolute Gasteiger partial charge is 0.404 e. The molecule has 0 bridgehead atoms. The molecule has 6 nitrogen and oxygen atoms in total. The van der Waals surface area contributed by atoms with Crippen LogP contribution in [0.2, 0.25) is 0 Å². The number of aliphatic imine (C=N–C) groups is 1. The second-order valence-electron chi connectivity index (χ2n) is 6.05. The van der Waals surface area contributed by atoms with Gasteiger partial charge in [0.05, 0.1) is 11.7 Å². The molecule has 0 aromatic carbocycles. The van der Waals surface area contributed by atoms with E-state index in [1.54, 1.807) is 4.90 Å². The van der Waals surface area contributed by atoms with Gasteiger partial charge in [-0.1, -0.05) is 0 Å². The second kappa shape index (κ2) is 6.39. The third-order valence-corrected chi connectivity index (χ3v) is 4.09. The summed E-state index contributed by atoms with van der Waals surface area (Å²) in [5.74, 6) is 0.0854. The Morgan fingerprint density at radius 1 is 1.33 bits per heavy atom. The summed E-state index contributed by atoms with van der Waals surface area (Å²) in [5.41, 5.74) is 5.12. The van der Waals surface area contributed by atoms with E-state index < -0.39 is 11.9 Å². The molecular weight excluding hydrogens is 321 g/mol. The van der Waals surface area contributed by atoms with E-state index >= 15 is 0 Å². The predicted molar refractivity (Wildman–Crippen MR) is 85.8 cm³/mol. The number of nitrogens with zero attached hydrogens (tertiary/aromatic N) is 5. The number of aromatic nitrogens is 2. The molecular formula is C15H19F3N6. The molecule has 130 valence electrons. The average Bonchev–Trinajstić information content (AvgIpc) is 2.43. The van der Waals surface area contributed by atoms with Crippen molar-refractivity contribution in [3.05, 3.63) is 23.7 Å². The molecule has 0 amide bonds. The van der Waals surface area contributed by atoms with Gasteiger partial charge < -0.3 is 15.5 Å². The zero-order valence-corrected chi connectivity index (χ0v) is 13.3. The summed E-state index contributed by atoms with van der Waals surface area (Å²) in [4.78, 5) is 16.1. The van der Waals surface area contributed by atoms with Crippen molar-refractivity contribution in [1.82, 2.24) is 14.9 Å². The minimum atomic E-state index is -4.54. The number of likely N-dealkylation sites (N-methyl/N-ethyl adjacent to an activating group) is 1. The van der Waals surface area contributed by atoms with Gasteiger partial charge >= 0.3 is 6.18 Å². The molecule has 9 heteroatoms. The first-order chi connectivity index (χ1) is 11.4. The Balaban J connectivity index is 1.89. The maximum absolute atomic E-state index is 13.1. The monoisotopic (exact) mass is 340 g/mol. The summed E-state index contributed by atoms with van der Waals surface area (Å²) >= 11 is 0. The molecule has 1 aromatic rings. The van der Waals surface area contributed by atoms with Crippen LogP contribution in [0.25, 0.3) is 5.57 Å². The van der Waals surface area contributed by atoms with Crippen molar-refractivity contribution in [2.24, 2.45) is 10.7 Å². The molecule has 2 aliphatic heterocycles. The van der Waals surface area contributed by atoms with E-state index in [2.05, 4.69) is 19.9 Å². The van der Waals surface area contributed by atoms with Crippen LogP contribution in [0.1, 0.15) is 17.8 Å². The van der Waals surface area contributed by atoms with E-state index in [4.69, 9.17) is 5.73 Å². The van der Waals surface area contributed by atoms with Gasteiger partial charge in [0.25, 0.3) is 0 Å². The Morgan fingerprint density at radius 3 is 2.54 bits per heavy atom. The summed E-state index contributed by atoms with van der Waals surface area (Å²) in [5, 5.41) is 0. The molecule has 0 aliphatic carbocycles. The number of anilines is 1. The van der Waals surface area contributed by atoms with Crippen molar-refractivity contribution in [2.75, 3.05) is 38.1 Å². The average molecular weight is 340 g/mol.